The van der Waals surface area contributed by atoms with Gasteiger partial charge in [0.1, 0.15) is 11.9 Å². The molecule has 1 aliphatic heterocycles. The van der Waals surface area contributed by atoms with Gasteiger partial charge in [-0.1, -0.05) is 60.1 Å². The Morgan fingerprint density at radius 3 is 2.48 bits per heavy atom. The summed E-state index contributed by atoms with van der Waals surface area (Å²) in [4.78, 5) is 19.8. The van der Waals surface area contributed by atoms with Gasteiger partial charge in [-0.05, 0) is 48.4 Å². The molecule has 168 valence electrons. The van der Waals surface area contributed by atoms with Gasteiger partial charge in [0.05, 0.1) is 18.5 Å². The van der Waals surface area contributed by atoms with Crippen LogP contribution in [0.25, 0.3) is 6.08 Å². The van der Waals surface area contributed by atoms with Gasteiger partial charge in [0.2, 0.25) is 0 Å². The number of halogens is 1. The van der Waals surface area contributed by atoms with Crippen molar-refractivity contribution in [3.63, 3.8) is 0 Å². The van der Waals surface area contributed by atoms with E-state index in [2.05, 4.69) is 0 Å². The zero-order chi connectivity index (χ0) is 23.5. The Bertz CT molecular complexity index is 1220. The van der Waals surface area contributed by atoms with Gasteiger partial charge in [-0.15, -0.1) is 0 Å². The summed E-state index contributed by atoms with van der Waals surface area (Å²) in [6.07, 6.45) is 0.745. The number of benzodiazepines with no additional fused rings is 1. The molecule has 4 rings (SSSR count). The number of aliphatic hydroxyl groups is 1. The van der Waals surface area contributed by atoms with Crippen molar-refractivity contribution in [3.8, 4) is 5.75 Å². The Hall–Kier alpha value is -3.41. The highest BCUT2D eigenvalue weighted by Crippen LogP contribution is 2.31. The Morgan fingerprint density at radius 2 is 1.82 bits per heavy atom. The zero-order valence-corrected chi connectivity index (χ0v) is 19.5. The molecule has 1 amide bonds. The smallest absolute Gasteiger partial charge is 0.254 e. The third-order valence-corrected chi connectivity index (χ3v) is 5.98. The summed E-state index contributed by atoms with van der Waals surface area (Å²) in [6, 6.07) is 21.5. The number of fused-ring (bicyclic) bond motifs is 1. The van der Waals surface area contributed by atoms with Crippen LogP contribution in [-0.2, 0) is 4.79 Å². The second kappa shape index (κ2) is 9.61. The number of aliphatic imine (C=N–C) groups is 1. The van der Waals surface area contributed by atoms with E-state index in [4.69, 9.17) is 21.3 Å². The Morgan fingerprint density at radius 1 is 1.12 bits per heavy atom. The van der Waals surface area contributed by atoms with Crippen molar-refractivity contribution >= 4 is 35.0 Å². The van der Waals surface area contributed by atoms with E-state index in [0.29, 0.717) is 22.0 Å². The van der Waals surface area contributed by atoms with E-state index in [1.807, 2.05) is 66.7 Å². The largest absolute Gasteiger partial charge is 0.497 e. The summed E-state index contributed by atoms with van der Waals surface area (Å²) in [7, 11) is 3.31. The van der Waals surface area contributed by atoms with Gasteiger partial charge in [0, 0.05) is 23.2 Å². The highest BCUT2D eigenvalue weighted by Gasteiger charge is 2.35. The maximum atomic E-state index is 13.4. The quantitative estimate of drug-likeness (QED) is 0.583. The van der Waals surface area contributed by atoms with Gasteiger partial charge in [-0.3, -0.25) is 9.79 Å². The molecule has 0 aromatic heterocycles. The summed E-state index contributed by atoms with van der Waals surface area (Å²) >= 11 is 6.30. The van der Waals surface area contributed by atoms with Crippen molar-refractivity contribution < 1.29 is 14.6 Å². The molecular weight excluding hydrogens is 436 g/mol. The van der Waals surface area contributed by atoms with Crippen molar-refractivity contribution in [2.24, 2.45) is 4.99 Å². The number of amides is 1. The Kier molecular flexibility index (Phi) is 6.63. The SMILES string of the molecule is COc1ccc(/C=C(\C)[C@H](O)[C@H]2N=C(c3ccccc3)c3cc(Cl)ccc3N(C)C2=O)cc1. The van der Waals surface area contributed by atoms with Crippen LogP contribution in [0.4, 0.5) is 5.69 Å². The lowest BCUT2D eigenvalue weighted by atomic mass is 9.99. The molecule has 1 N–H and O–H groups in total. The number of carbonyl (C=O) groups excluding carboxylic acids is 1. The van der Waals surface area contributed by atoms with Crippen LogP contribution in [0.5, 0.6) is 5.75 Å². The van der Waals surface area contributed by atoms with Crippen LogP contribution in [0.2, 0.25) is 5.02 Å². The number of nitrogens with zero attached hydrogens (tertiary/aromatic N) is 2. The van der Waals surface area contributed by atoms with Crippen molar-refractivity contribution in [2.75, 3.05) is 19.1 Å². The molecule has 0 unspecified atom stereocenters. The third kappa shape index (κ3) is 4.70. The minimum atomic E-state index is -1.11. The van der Waals surface area contributed by atoms with Crippen molar-refractivity contribution in [1.82, 2.24) is 0 Å². The fourth-order valence-corrected chi connectivity index (χ4v) is 4.07. The van der Waals surface area contributed by atoms with E-state index in [1.54, 1.807) is 38.1 Å². The molecule has 3 aromatic rings. The highest BCUT2D eigenvalue weighted by atomic mass is 35.5. The molecule has 33 heavy (non-hydrogen) atoms. The lowest BCUT2D eigenvalue weighted by molar-refractivity contribution is -0.121. The molecule has 6 heteroatoms. The Labute approximate surface area is 198 Å². The van der Waals surface area contributed by atoms with Crippen LogP contribution in [0.3, 0.4) is 0 Å². The van der Waals surface area contributed by atoms with E-state index < -0.39 is 12.1 Å². The summed E-state index contributed by atoms with van der Waals surface area (Å²) < 4.78 is 5.20. The normalized spacial score (nSPS) is 17.2. The molecule has 1 aliphatic rings. The molecule has 0 aliphatic carbocycles. The van der Waals surface area contributed by atoms with Crippen molar-refractivity contribution in [3.05, 3.63) is 100 Å². The molecule has 2 atom stereocenters. The minimum Gasteiger partial charge on any atom is -0.497 e. The number of anilines is 1. The van der Waals surface area contributed by atoms with Crippen LogP contribution >= 0.6 is 11.6 Å². The summed E-state index contributed by atoms with van der Waals surface area (Å²) in [5.74, 6) is 0.457. The second-order valence-electron chi connectivity index (χ2n) is 7.95. The molecular formula is C27H25ClN2O3. The maximum Gasteiger partial charge on any atom is 0.254 e. The molecule has 0 saturated carbocycles. The average molecular weight is 461 g/mol. The number of rotatable bonds is 5. The van der Waals surface area contributed by atoms with E-state index in [9.17, 15) is 9.90 Å². The lowest BCUT2D eigenvalue weighted by Crippen LogP contribution is -2.42. The lowest BCUT2D eigenvalue weighted by Gasteiger charge is -2.24. The van der Waals surface area contributed by atoms with Gasteiger partial charge in [-0.25, -0.2) is 0 Å². The third-order valence-electron chi connectivity index (χ3n) is 5.75. The van der Waals surface area contributed by atoms with Crippen LogP contribution < -0.4 is 9.64 Å². The number of likely N-dealkylation sites (N-methyl/N-ethyl adjacent to an activating group) is 1. The van der Waals surface area contributed by atoms with E-state index in [1.165, 1.54) is 0 Å². The van der Waals surface area contributed by atoms with Gasteiger partial charge >= 0.3 is 0 Å². The number of benzene rings is 3. The Balaban J connectivity index is 1.79. The molecule has 0 spiro atoms. The molecule has 0 radical (unpaired) electrons. The van der Waals surface area contributed by atoms with Crippen LogP contribution in [0.1, 0.15) is 23.6 Å². The summed E-state index contributed by atoms with van der Waals surface area (Å²) in [6.45, 7) is 1.80. The summed E-state index contributed by atoms with van der Waals surface area (Å²) in [5, 5.41) is 11.8. The minimum absolute atomic E-state index is 0.292. The fraction of sp³-hybridized carbons (Fsp3) is 0.185. The number of aliphatic hydroxyl groups excluding tert-OH is 1. The standard InChI is InChI=1S/C27H25ClN2O3/c1-17(15-18-9-12-21(33-3)13-10-18)26(31)25-27(32)30(2)23-14-11-20(28)16-22(23)24(29-25)19-7-5-4-6-8-19/h4-16,25-26,31H,1-3H3/b17-15+/t25-,26+/m1/s1. The first-order valence-electron chi connectivity index (χ1n) is 10.6. The average Bonchev–Trinajstić information content (AvgIpc) is 2.94. The van der Waals surface area contributed by atoms with Crippen molar-refractivity contribution in [2.45, 2.75) is 19.1 Å². The van der Waals surface area contributed by atoms with E-state index in [-0.39, 0.29) is 5.91 Å². The fourth-order valence-electron chi connectivity index (χ4n) is 3.90. The second-order valence-corrected chi connectivity index (χ2v) is 8.39. The van der Waals surface area contributed by atoms with Crippen LogP contribution in [0, 0.1) is 0 Å². The van der Waals surface area contributed by atoms with Crippen LogP contribution in [-0.4, -0.2) is 43.0 Å². The molecule has 5 nitrogen and oxygen atoms in total. The van der Waals surface area contributed by atoms with Gasteiger partial charge in [0.15, 0.2) is 6.04 Å². The number of methoxy groups -OCH3 is 1. The predicted molar refractivity (Wildman–Crippen MR) is 133 cm³/mol. The number of ether oxygens (including phenoxy) is 1. The maximum absolute atomic E-state index is 13.4. The first-order chi connectivity index (χ1) is 15.9. The first-order valence-corrected chi connectivity index (χ1v) is 11.0. The van der Waals surface area contributed by atoms with Gasteiger partial charge in [-0.2, -0.15) is 0 Å². The van der Waals surface area contributed by atoms with Gasteiger partial charge in [0.25, 0.3) is 5.91 Å². The zero-order valence-electron chi connectivity index (χ0n) is 18.7. The van der Waals surface area contributed by atoms with Crippen LogP contribution in [0.15, 0.2) is 83.4 Å². The summed E-state index contributed by atoms with van der Waals surface area (Å²) in [5.41, 5.74) is 4.43. The van der Waals surface area contributed by atoms with E-state index >= 15 is 0 Å². The number of carbonyl (C=O) groups is 1. The number of hydrogen-bond acceptors (Lipinski definition) is 4. The highest BCUT2D eigenvalue weighted by molar-refractivity contribution is 6.32. The number of hydrogen-bond donors (Lipinski definition) is 1. The van der Waals surface area contributed by atoms with Crippen molar-refractivity contribution in [1.29, 1.82) is 0 Å². The molecule has 3 aromatic carbocycles. The molecule has 0 bridgehead atoms. The van der Waals surface area contributed by atoms with E-state index in [0.717, 1.165) is 22.4 Å². The predicted octanol–water partition coefficient (Wildman–Crippen LogP) is 5.00. The topological polar surface area (TPSA) is 62.1 Å². The van der Waals surface area contributed by atoms with Gasteiger partial charge < -0.3 is 14.7 Å². The molecule has 0 saturated heterocycles. The molecule has 0 fully saturated rings. The first kappa shape index (κ1) is 22.8. The monoisotopic (exact) mass is 460 g/mol. The molecule has 1 heterocycles.